The molecular formula is C25H28N4O2SSi. The summed E-state index contributed by atoms with van der Waals surface area (Å²) in [4.78, 5) is 17.4. The number of carbonyl (C=O) groups excluding carboxylic acids is 1. The van der Waals surface area contributed by atoms with E-state index in [2.05, 4.69) is 28.3 Å². The van der Waals surface area contributed by atoms with Gasteiger partial charge < -0.3 is 15.4 Å². The molecule has 0 unspecified atom stereocenters. The van der Waals surface area contributed by atoms with Crippen LogP contribution in [0, 0.1) is 11.3 Å². The molecular weight excluding hydrogens is 448 g/mol. The lowest BCUT2D eigenvalue weighted by molar-refractivity contribution is 0.0927. The van der Waals surface area contributed by atoms with Crippen molar-refractivity contribution in [2.24, 2.45) is 0 Å². The molecule has 2 N–H and O–H groups in total. The highest BCUT2D eigenvalue weighted by atomic mass is 32.1. The molecule has 2 aromatic carbocycles. The molecule has 0 atom stereocenters. The van der Waals surface area contributed by atoms with Crippen LogP contribution in [0.25, 0.3) is 22.0 Å². The number of nitriles is 1. The van der Waals surface area contributed by atoms with Gasteiger partial charge in [0.1, 0.15) is 5.75 Å². The van der Waals surface area contributed by atoms with Crippen LogP contribution in [0.1, 0.15) is 35.5 Å². The zero-order valence-electron chi connectivity index (χ0n) is 19.0. The van der Waals surface area contributed by atoms with Crippen LogP contribution in [0.4, 0.5) is 5.69 Å². The van der Waals surface area contributed by atoms with Crippen LogP contribution in [0.3, 0.4) is 0 Å². The standard InChI is InChI=1S/C25H28N4O2SSi/c1-15(12-26)13-27-23-20-11-17(4-3-16(20)5-10-22(23)31-2)21-14-32-25(29-21)24(30)28-18-6-8-19(33)9-7-18/h3-5,10-11,14,18-19,27H,1,6-9,13H2,2,33H3,(H,28,30)/t18-,19+. The summed E-state index contributed by atoms with van der Waals surface area (Å²) in [6.07, 6.45) is 4.58. The molecule has 1 aromatic heterocycles. The van der Waals surface area contributed by atoms with Gasteiger partial charge in [-0.1, -0.05) is 43.2 Å². The number of ether oxygens (including phenoxy) is 1. The maximum atomic E-state index is 12.8. The molecule has 170 valence electrons. The first kappa shape index (κ1) is 23.0. The molecule has 3 aromatic rings. The monoisotopic (exact) mass is 476 g/mol. The maximum Gasteiger partial charge on any atom is 0.280 e. The highest BCUT2D eigenvalue weighted by molar-refractivity contribution is 7.12. The van der Waals surface area contributed by atoms with Gasteiger partial charge in [0.25, 0.3) is 5.91 Å². The second kappa shape index (κ2) is 10.2. The summed E-state index contributed by atoms with van der Waals surface area (Å²) in [6, 6.07) is 12.3. The number of hydrogen-bond acceptors (Lipinski definition) is 6. The van der Waals surface area contributed by atoms with Crippen molar-refractivity contribution in [3.63, 3.8) is 0 Å². The number of thiazole rings is 1. The summed E-state index contributed by atoms with van der Waals surface area (Å²) in [5.41, 5.74) is 3.81. The Bertz CT molecular complexity index is 1220. The molecule has 1 aliphatic rings. The van der Waals surface area contributed by atoms with Gasteiger partial charge in [0.2, 0.25) is 0 Å². The quantitative estimate of drug-likeness (QED) is 0.392. The van der Waals surface area contributed by atoms with E-state index >= 15 is 0 Å². The van der Waals surface area contributed by atoms with Crippen LogP contribution >= 0.6 is 11.3 Å². The zero-order chi connectivity index (χ0) is 23.4. The minimum absolute atomic E-state index is 0.0807. The van der Waals surface area contributed by atoms with Gasteiger partial charge in [-0.25, -0.2) is 4.98 Å². The molecule has 1 saturated carbocycles. The van der Waals surface area contributed by atoms with Gasteiger partial charge in [0, 0.05) is 44.7 Å². The number of rotatable bonds is 7. The van der Waals surface area contributed by atoms with E-state index in [0.717, 1.165) is 46.1 Å². The first-order valence-electron chi connectivity index (χ1n) is 11.2. The summed E-state index contributed by atoms with van der Waals surface area (Å²) in [5.74, 6) is 0.607. The van der Waals surface area contributed by atoms with Crippen molar-refractivity contribution in [2.45, 2.75) is 37.3 Å². The zero-order valence-corrected chi connectivity index (χ0v) is 21.8. The summed E-state index contributed by atoms with van der Waals surface area (Å²) in [7, 11) is 2.86. The lowest BCUT2D eigenvalue weighted by Gasteiger charge is -2.26. The average molecular weight is 477 g/mol. The second-order valence-electron chi connectivity index (χ2n) is 8.62. The van der Waals surface area contributed by atoms with Gasteiger partial charge in [0.15, 0.2) is 5.01 Å². The number of fused-ring (bicyclic) bond motifs is 1. The molecule has 0 saturated heterocycles. The molecule has 6 nitrogen and oxygen atoms in total. The number of methoxy groups -OCH3 is 1. The number of nitrogens with one attached hydrogen (secondary N) is 2. The first-order valence-corrected chi connectivity index (χ1v) is 13.2. The SMILES string of the molecule is C=C(C#N)CNc1c(OC)ccc2ccc(-c3csc(C(=O)N[C@H]4CC[C@@H]([SiH3])CC4)n3)cc12. The lowest BCUT2D eigenvalue weighted by Crippen LogP contribution is -2.36. The van der Waals surface area contributed by atoms with Crippen molar-refractivity contribution in [3.05, 3.63) is 52.9 Å². The normalized spacial score (nSPS) is 17.9. The smallest absolute Gasteiger partial charge is 0.280 e. The Morgan fingerprint density at radius 1 is 1.30 bits per heavy atom. The molecule has 8 heteroatoms. The Kier molecular flexibility index (Phi) is 7.11. The summed E-state index contributed by atoms with van der Waals surface area (Å²) < 4.78 is 5.54. The number of amides is 1. The van der Waals surface area contributed by atoms with Crippen LogP contribution in [0.15, 0.2) is 47.9 Å². The number of anilines is 1. The van der Waals surface area contributed by atoms with Gasteiger partial charge in [-0.3, -0.25) is 4.79 Å². The Labute approximate surface area is 201 Å². The number of carbonyl (C=O) groups is 1. The van der Waals surface area contributed by atoms with E-state index in [4.69, 9.17) is 10.00 Å². The van der Waals surface area contributed by atoms with E-state index < -0.39 is 0 Å². The third kappa shape index (κ3) is 5.26. The Morgan fingerprint density at radius 2 is 2.06 bits per heavy atom. The molecule has 1 amide bonds. The molecule has 1 heterocycles. The Hall–Kier alpha value is -3.15. The third-order valence-corrected chi connectivity index (χ3v) is 8.18. The topological polar surface area (TPSA) is 87.0 Å². The molecule has 33 heavy (non-hydrogen) atoms. The van der Waals surface area contributed by atoms with Crippen LogP contribution in [0.5, 0.6) is 5.75 Å². The second-order valence-corrected chi connectivity index (χ2v) is 11.1. The molecule has 1 aliphatic carbocycles. The van der Waals surface area contributed by atoms with Crippen LogP contribution in [0.2, 0.25) is 5.54 Å². The van der Waals surface area contributed by atoms with Gasteiger partial charge in [-0.05, 0) is 30.4 Å². The fourth-order valence-electron chi connectivity index (χ4n) is 4.21. The van der Waals surface area contributed by atoms with Gasteiger partial charge >= 0.3 is 0 Å². The summed E-state index contributed by atoms with van der Waals surface area (Å²) in [6.45, 7) is 4.08. The van der Waals surface area contributed by atoms with Crippen LogP contribution in [-0.2, 0) is 0 Å². The fraction of sp³-hybridized carbons (Fsp3) is 0.320. The van der Waals surface area contributed by atoms with E-state index in [1.165, 1.54) is 34.4 Å². The van der Waals surface area contributed by atoms with Gasteiger partial charge in [0.05, 0.1) is 24.6 Å². The largest absolute Gasteiger partial charge is 0.495 e. The highest BCUT2D eigenvalue weighted by Gasteiger charge is 2.22. The Balaban J connectivity index is 1.58. The van der Waals surface area contributed by atoms with Gasteiger partial charge in [-0.15, -0.1) is 11.3 Å². The average Bonchev–Trinajstić information content (AvgIpc) is 3.34. The minimum Gasteiger partial charge on any atom is -0.495 e. The summed E-state index contributed by atoms with van der Waals surface area (Å²) >= 11 is 1.37. The van der Waals surface area contributed by atoms with Gasteiger partial charge in [-0.2, -0.15) is 5.26 Å². The molecule has 1 fully saturated rings. The van der Waals surface area contributed by atoms with Crippen molar-refractivity contribution < 1.29 is 9.53 Å². The van der Waals surface area contributed by atoms with E-state index in [0.29, 0.717) is 22.9 Å². The molecule has 0 radical (unpaired) electrons. The fourth-order valence-corrected chi connectivity index (χ4v) is 5.60. The van der Waals surface area contributed by atoms with Crippen LogP contribution < -0.4 is 15.4 Å². The molecule has 0 bridgehead atoms. The lowest BCUT2D eigenvalue weighted by atomic mass is 9.95. The van der Waals surface area contributed by atoms with Crippen molar-refractivity contribution in [1.29, 1.82) is 5.26 Å². The number of aromatic nitrogens is 1. The van der Waals surface area contributed by atoms with Crippen molar-refractivity contribution in [1.82, 2.24) is 10.3 Å². The first-order chi connectivity index (χ1) is 16.0. The van der Waals surface area contributed by atoms with Crippen LogP contribution in [-0.4, -0.2) is 40.8 Å². The number of hydrogen-bond donors (Lipinski definition) is 2. The van der Waals surface area contributed by atoms with E-state index in [1.54, 1.807) is 7.11 Å². The molecule has 4 rings (SSSR count). The van der Waals surface area contributed by atoms with Crippen molar-refractivity contribution in [2.75, 3.05) is 19.0 Å². The minimum atomic E-state index is -0.0807. The highest BCUT2D eigenvalue weighted by Crippen LogP contribution is 2.36. The predicted molar refractivity (Wildman–Crippen MR) is 138 cm³/mol. The summed E-state index contributed by atoms with van der Waals surface area (Å²) in [5, 5.41) is 19.9. The van der Waals surface area contributed by atoms with Crippen molar-refractivity contribution >= 4 is 43.9 Å². The number of benzene rings is 2. The molecule has 0 spiro atoms. The van der Waals surface area contributed by atoms with E-state index in [-0.39, 0.29) is 11.9 Å². The van der Waals surface area contributed by atoms with E-state index in [9.17, 15) is 4.79 Å². The van der Waals surface area contributed by atoms with Crippen molar-refractivity contribution in [3.8, 4) is 23.1 Å². The van der Waals surface area contributed by atoms with E-state index in [1.807, 2.05) is 35.7 Å². The molecule has 0 aliphatic heterocycles. The number of nitrogens with zero attached hydrogens (tertiary/aromatic N) is 2. The Morgan fingerprint density at radius 3 is 2.79 bits per heavy atom. The third-order valence-electron chi connectivity index (χ3n) is 6.19. The maximum absolute atomic E-state index is 12.8. The predicted octanol–water partition coefficient (Wildman–Crippen LogP) is 4.29.